The van der Waals surface area contributed by atoms with E-state index in [1.54, 1.807) is 0 Å². The first-order valence-electron chi connectivity index (χ1n) is 7.74. The van der Waals surface area contributed by atoms with E-state index < -0.39 is 16.5 Å². The van der Waals surface area contributed by atoms with E-state index in [1.807, 2.05) is 0 Å². The van der Waals surface area contributed by atoms with Gasteiger partial charge in [0.1, 0.15) is 5.02 Å². The number of aromatic nitrogens is 2. The maximum absolute atomic E-state index is 12.3. The van der Waals surface area contributed by atoms with Gasteiger partial charge in [-0.3, -0.25) is 14.9 Å². The molecule has 0 amide bonds. The van der Waals surface area contributed by atoms with E-state index in [9.17, 15) is 19.7 Å². The highest BCUT2D eigenvalue weighted by atomic mass is 35.5. The molecule has 3 aromatic rings. The number of rotatable bonds is 4. The number of benzene rings is 2. The van der Waals surface area contributed by atoms with Gasteiger partial charge in [-0.05, 0) is 35.9 Å². The number of carbonyl (C=O) groups excluding carboxylic acids is 1. The lowest BCUT2D eigenvalue weighted by Gasteiger charge is -2.04. The van der Waals surface area contributed by atoms with Crippen LogP contribution in [0.4, 0.5) is 5.69 Å². The molecule has 0 unspecified atom stereocenters. The van der Waals surface area contributed by atoms with Gasteiger partial charge in [-0.2, -0.15) is 0 Å². The number of halogens is 2. The second-order valence-corrected chi connectivity index (χ2v) is 6.41. The normalized spacial score (nSPS) is 11.5. The Balaban J connectivity index is 2.08. The largest absolute Gasteiger partial charge is 0.465 e. The van der Waals surface area contributed by atoms with Crippen LogP contribution in [-0.2, 0) is 4.74 Å². The molecular formula is C18H11Cl2N3O5. The SMILES string of the molecule is COC(=O)c1ccc2c(=O)[nH]c(/C(Cl)=C/c3ccc(Cl)c([N+](=O)[O-])c3)nc2c1. The molecule has 0 atom stereocenters. The summed E-state index contributed by atoms with van der Waals surface area (Å²) < 4.78 is 4.66. The molecule has 0 fully saturated rings. The highest BCUT2D eigenvalue weighted by molar-refractivity contribution is 6.50. The Bertz CT molecular complexity index is 1200. The van der Waals surface area contributed by atoms with Crippen LogP contribution in [0, 0.1) is 10.1 Å². The molecule has 10 heteroatoms. The van der Waals surface area contributed by atoms with E-state index in [-0.39, 0.29) is 38.0 Å². The van der Waals surface area contributed by atoms with Crippen LogP contribution in [-0.4, -0.2) is 28.0 Å². The zero-order valence-electron chi connectivity index (χ0n) is 14.2. The molecule has 28 heavy (non-hydrogen) atoms. The molecular weight excluding hydrogens is 409 g/mol. The van der Waals surface area contributed by atoms with Gasteiger partial charge in [0, 0.05) is 6.07 Å². The fourth-order valence-electron chi connectivity index (χ4n) is 2.47. The van der Waals surface area contributed by atoms with Crippen LogP contribution < -0.4 is 5.56 Å². The lowest BCUT2D eigenvalue weighted by atomic mass is 10.1. The standard InChI is InChI=1S/C18H11Cl2N3O5/c1-28-18(25)10-3-4-11-14(8-10)21-16(22-17(11)24)13(20)6-9-2-5-12(19)15(7-9)23(26)27/h2-8H,1H3,(H,21,22,24)/b13-6-. The van der Waals surface area contributed by atoms with Crippen LogP contribution in [0.5, 0.6) is 0 Å². The maximum Gasteiger partial charge on any atom is 0.337 e. The van der Waals surface area contributed by atoms with E-state index >= 15 is 0 Å². The topological polar surface area (TPSA) is 115 Å². The van der Waals surface area contributed by atoms with Crippen molar-refractivity contribution in [3.8, 4) is 0 Å². The fraction of sp³-hybridized carbons (Fsp3) is 0.0556. The number of esters is 1. The molecule has 1 aromatic heterocycles. The second-order valence-electron chi connectivity index (χ2n) is 5.60. The minimum absolute atomic E-state index is 0.00847. The van der Waals surface area contributed by atoms with E-state index in [0.29, 0.717) is 5.56 Å². The van der Waals surface area contributed by atoms with Gasteiger partial charge in [-0.1, -0.05) is 29.3 Å². The van der Waals surface area contributed by atoms with Crippen molar-refractivity contribution < 1.29 is 14.5 Å². The average Bonchev–Trinajstić information content (AvgIpc) is 2.68. The number of H-pyrrole nitrogens is 1. The molecule has 0 saturated carbocycles. The van der Waals surface area contributed by atoms with Gasteiger partial charge in [0.15, 0.2) is 5.82 Å². The average molecular weight is 420 g/mol. The molecule has 1 heterocycles. The fourth-order valence-corrected chi connectivity index (χ4v) is 2.87. The minimum Gasteiger partial charge on any atom is -0.465 e. The summed E-state index contributed by atoms with van der Waals surface area (Å²) in [5.74, 6) is -0.528. The van der Waals surface area contributed by atoms with Crippen molar-refractivity contribution in [3.05, 3.63) is 78.8 Å². The number of methoxy groups -OCH3 is 1. The maximum atomic E-state index is 12.3. The summed E-state index contributed by atoms with van der Waals surface area (Å²) in [7, 11) is 1.24. The van der Waals surface area contributed by atoms with Gasteiger partial charge >= 0.3 is 5.97 Å². The molecule has 142 valence electrons. The third-order valence-corrected chi connectivity index (χ3v) is 4.42. The molecule has 0 spiro atoms. The van der Waals surface area contributed by atoms with E-state index in [4.69, 9.17) is 23.2 Å². The number of fused-ring (bicyclic) bond motifs is 1. The third-order valence-electron chi connectivity index (χ3n) is 3.81. The smallest absolute Gasteiger partial charge is 0.337 e. The first-order valence-corrected chi connectivity index (χ1v) is 8.49. The summed E-state index contributed by atoms with van der Waals surface area (Å²) >= 11 is 12.0. The molecule has 8 nitrogen and oxygen atoms in total. The molecule has 1 N–H and O–H groups in total. The second kappa shape index (κ2) is 7.79. The molecule has 0 aliphatic carbocycles. The summed E-state index contributed by atoms with van der Waals surface area (Å²) in [6.45, 7) is 0. The summed E-state index contributed by atoms with van der Waals surface area (Å²) in [6.07, 6.45) is 1.40. The molecule has 2 aromatic carbocycles. The van der Waals surface area contributed by atoms with Gasteiger partial charge in [0.25, 0.3) is 11.2 Å². The summed E-state index contributed by atoms with van der Waals surface area (Å²) in [6, 6.07) is 8.48. The number of hydrogen-bond acceptors (Lipinski definition) is 6. The Morgan fingerprint density at radius 2 is 2.04 bits per heavy atom. The predicted molar refractivity (Wildman–Crippen MR) is 106 cm³/mol. The Morgan fingerprint density at radius 3 is 2.71 bits per heavy atom. The number of ether oxygens (including phenoxy) is 1. The van der Waals surface area contributed by atoms with Crippen molar-refractivity contribution in [1.29, 1.82) is 0 Å². The third kappa shape index (κ3) is 3.88. The first kappa shape index (κ1) is 19.5. The number of nitrogens with one attached hydrogen (secondary N) is 1. The highest BCUT2D eigenvalue weighted by Gasteiger charge is 2.14. The number of nitrogens with zero attached hydrogens (tertiary/aromatic N) is 2. The summed E-state index contributed by atoms with van der Waals surface area (Å²) in [4.78, 5) is 41.2. The number of nitro groups is 1. The van der Waals surface area contributed by atoms with Crippen molar-refractivity contribution in [3.63, 3.8) is 0 Å². The quantitative estimate of drug-likeness (QED) is 0.388. The van der Waals surface area contributed by atoms with Gasteiger partial charge in [-0.25, -0.2) is 9.78 Å². The lowest BCUT2D eigenvalue weighted by molar-refractivity contribution is -0.384. The van der Waals surface area contributed by atoms with Crippen molar-refractivity contribution in [1.82, 2.24) is 9.97 Å². The van der Waals surface area contributed by atoms with Crippen LogP contribution in [0.15, 0.2) is 41.2 Å². The molecule has 0 bridgehead atoms. The summed E-state index contributed by atoms with van der Waals surface area (Å²) in [5.41, 5.74) is 0.141. The molecule has 0 radical (unpaired) electrons. The van der Waals surface area contributed by atoms with E-state index in [2.05, 4.69) is 14.7 Å². The zero-order chi connectivity index (χ0) is 20.4. The van der Waals surface area contributed by atoms with Crippen molar-refractivity contribution in [2.24, 2.45) is 0 Å². The Labute approximate surface area is 167 Å². The van der Waals surface area contributed by atoms with Crippen LogP contribution in [0.25, 0.3) is 22.0 Å². The first-order chi connectivity index (χ1) is 13.3. The molecule has 3 rings (SSSR count). The molecule has 0 aliphatic heterocycles. The van der Waals surface area contributed by atoms with Crippen LogP contribution >= 0.6 is 23.2 Å². The molecule has 0 aliphatic rings. The highest BCUT2D eigenvalue weighted by Crippen LogP contribution is 2.28. The minimum atomic E-state index is -0.613. The van der Waals surface area contributed by atoms with Gasteiger partial charge in [0.05, 0.1) is 33.5 Å². The number of hydrogen-bond donors (Lipinski definition) is 1. The Kier molecular flexibility index (Phi) is 5.43. The Morgan fingerprint density at radius 1 is 1.29 bits per heavy atom. The Hall–Kier alpha value is -3.23. The molecule has 0 saturated heterocycles. The van der Waals surface area contributed by atoms with E-state index in [0.717, 1.165) is 0 Å². The van der Waals surface area contributed by atoms with Crippen molar-refractivity contribution in [2.45, 2.75) is 0 Å². The number of nitro benzene ring substituents is 1. The summed E-state index contributed by atoms with van der Waals surface area (Å²) in [5, 5.41) is 11.3. The predicted octanol–water partition coefficient (Wildman–Crippen LogP) is 4.01. The number of aromatic amines is 1. The van der Waals surface area contributed by atoms with Crippen LogP contribution in [0.1, 0.15) is 21.7 Å². The van der Waals surface area contributed by atoms with E-state index in [1.165, 1.54) is 49.6 Å². The van der Waals surface area contributed by atoms with Crippen molar-refractivity contribution in [2.75, 3.05) is 7.11 Å². The lowest BCUT2D eigenvalue weighted by Crippen LogP contribution is -2.11. The van der Waals surface area contributed by atoms with Gasteiger partial charge in [0.2, 0.25) is 0 Å². The number of carbonyl (C=O) groups is 1. The van der Waals surface area contributed by atoms with Crippen LogP contribution in [0.3, 0.4) is 0 Å². The zero-order valence-corrected chi connectivity index (χ0v) is 15.7. The van der Waals surface area contributed by atoms with Gasteiger partial charge < -0.3 is 9.72 Å². The van der Waals surface area contributed by atoms with Gasteiger partial charge in [-0.15, -0.1) is 0 Å². The monoisotopic (exact) mass is 419 g/mol. The van der Waals surface area contributed by atoms with Crippen LogP contribution in [0.2, 0.25) is 5.02 Å². The van der Waals surface area contributed by atoms with Crippen molar-refractivity contribution >= 4 is 56.9 Å².